The molecule has 1 N–H and O–H groups in total. The average molecular weight is 234 g/mol. The van der Waals surface area contributed by atoms with Crippen molar-refractivity contribution in [3.05, 3.63) is 48.0 Å². The van der Waals surface area contributed by atoms with Crippen molar-refractivity contribution in [2.45, 2.75) is 6.42 Å². The van der Waals surface area contributed by atoms with Gasteiger partial charge in [-0.25, -0.2) is 4.72 Å². The summed E-state index contributed by atoms with van der Waals surface area (Å²) in [5.74, 6) is 0. The minimum atomic E-state index is -2.17. The molecular weight excluding hydrogens is 222 g/mol. The lowest BCUT2D eigenvalue weighted by Crippen LogP contribution is -2.19. The third-order valence-corrected chi connectivity index (χ3v) is 2.89. The van der Waals surface area contributed by atoms with Gasteiger partial charge < -0.3 is 4.55 Å². The van der Waals surface area contributed by atoms with Crippen LogP contribution >= 0.6 is 0 Å². The number of nitrogens with one attached hydrogen (secondary N) is 1. The van der Waals surface area contributed by atoms with Crippen molar-refractivity contribution >= 4 is 22.0 Å². The zero-order valence-corrected chi connectivity index (χ0v) is 9.50. The summed E-state index contributed by atoms with van der Waals surface area (Å²) in [6, 6.07) is 14.3. The van der Waals surface area contributed by atoms with E-state index in [2.05, 4.69) is 29.0 Å². The van der Waals surface area contributed by atoms with Gasteiger partial charge in [0.2, 0.25) is 0 Å². The van der Waals surface area contributed by atoms with Crippen LogP contribution in [-0.4, -0.2) is 15.3 Å². The molecule has 1 atom stereocenters. The number of rotatable bonds is 4. The summed E-state index contributed by atoms with van der Waals surface area (Å²) in [4.78, 5) is 0. The van der Waals surface area contributed by atoms with Gasteiger partial charge in [-0.15, -0.1) is 0 Å². The summed E-state index contributed by atoms with van der Waals surface area (Å²) in [5.41, 5.74) is 1.14. The molecule has 84 valence electrons. The monoisotopic (exact) mass is 234 g/mol. The largest absolute Gasteiger partial charge is 0.760 e. The summed E-state index contributed by atoms with van der Waals surface area (Å²) in [5, 5.41) is 2.38. The molecule has 0 bridgehead atoms. The predicted octanol–water partition coefficient (Wildman–Crippen LogP) is 1.77. The Morgan fingerprint density at radius 1 is 1.12 bits per heavy atom. The van der Waals surface area contributed by atoms with Gasteiger partial charge in [0.1, 0.15) is 0 Å². The summed E-state index contributed by atoms with van der Waals surface area (Å²) < 4.78 is 22.9. The van der Waals surface area contributed by atoms with E-state index in [1.54, 1.807) is 0 Å². The maximum atomic E-state index is 10.3. The van der Waals surface area contributed by atoms with E-state index in [0.29, 0.717) is 13.0 Å². The van der Waals surface area contributed by atoms with E-state index >= 15 is 0 Å². The van der Waals surface area contributed by atoms with Crippen LogP contribution in [0.2, 0.25) is 0 Å². The average Bonchev–Trinajstić information content (AvgIpc) is 2.28. The van der Waals surface area contributed by atoms with Gasteiger partial charge in [-0.3, -0.25) is 4.21 Å². The van der Waals surface area contributed by atoms with Crippen molar-refractivity contribution in [2.75, 3.05) is 6.54 Å². The fourth-order valence-corrected chi connectivity index (χ4v) is 1.94. The van der Waals surface area contributed by atoms with Gasteiger partial charge >= 0.3 is 0 Å². The molecule has 0 aromatic heterocycles. The molecule has 2 aromatic carbocycles. The Morgan fingerprint density at radius 2 is 1.88 bits per heavy atom. The highest BCUT2D eigenvalue weighted by molar-refractivity contribution is 7.77. The van der Waals surface area contributed by atoms with E-state index in [1.165, 1.54) is 10.8 Å². The molecule has 1 unspecified atom stereocenters. The fraction of sp³-hybridized carbons (Fsp3) is 0.167. The number of fused-ring (bicyclic) bond motifs is 1. The smallest absolute Gasteiger partial charge is 0.0181 e. The van der Waals surface area contributed by atoms with Gasteiger partial charge in [-0.2, -0.15) is 0 Å². The first-order chi connectivity index (χ1) is 7.75. The van der Waals surface area contributed by atoms with Gasteiger partial charge in [0, 0.05) is 17.8 Å². The van der Waals surface area contributed by atoms with Crippen LogP contribution in [0.1, 0.15) is 5.56 Å². The Hall–Kier alpha value is -1.23. The van der Waals surface area contributed by atoms with Crippen LogP contribution in [0.5, 0.6) is 0 Å². The van der Waals surface area contributed by atoms with Crippen molar-refractivity contribution in [3.8, 4) is 0 Å². The molecule has 0 fully saturated rings. The van der Waals surface area contributed by atoms with Crippen LogP contribution in [0, 0.1) is 0 Å². The third kappa shape index (κ3) is 2.88. The maximum Gasteiger partial charge on any atom is 0.0181 e. The molecule has 2 rings (SSSR count). The van der Waals surface area contributed by atoms with Crippen LogP contribution in [0.25, 0.3) is 10.8 Å². The van der Waals surface area contributed by atoms with Crippen LogP contribution in [0.4, 0.5) is 0 Å². The van der Waals surface area contributed by atoms with Crippen LogP contribution < -0.4 is 4.72 Å². The fourth-order valence-electron chi connectivity index (χ4n) is 1.67. The Kier molecular flexibility index (Phi) is 3.66. The molecule has 0 heterocycles. The van der Waals surface area contributed by atoms with E-state index in [0.717, 1.165) is 5.56 Å². The van der Waals surface area contributed by atoms with Crippen molar-refractivity contribution < 1.29 is 8.76 Å². The van der Waals surface area contributed by atoms with E-state index in [-0.39, 0.29) is 0 Å². The maximum absolute atomic E-state index is 10.3. The second-order valence-electron chi connectivity index (χ2n) is 3.56. The summed E-state index contributed by atoms with van der Waals surface area (Å²) >= 11 is -2.17. The van der Waals surface area contributed by atoms with E-state index < -0.39 is 11.3 Å². The molecule has 0 aliphatic carbocycles. The molecule has 3 nitrogen and oxygen atoms in total. The first-order valence-electron chi connectivity index (χ1n) is 5.06. The molecule has 0 aliphatic rings. The molecule has 0 saturated heterocycles. The van der Waals surface area contributed by atoms with Crippen molar-refractivity contribution in [3.63, 3.8) is 0 Å². The quantitative estimate of drug-likeness (QED) is 0.820. The van der Waals surface area contributed by atoms with Gasteiger partial charge in [0.15, 0.2) is 0 Å². The van der Waals surface area contributed by atoms with Crippen molar-refractivity contribution in [1.29, 1.82) is 0 Å². The van der Waals surface area contributed by atoms with E-state index in [4.69, 9.17) is 0 Å². The second-order valence-corrected chi connectivity index (χ2v) is 4.32. The van der Waals surface area contributed by atoms with Crippen molar-refractivity contribution in [1.82, 2.24) is 4.72 Å². The van der Waals surface area contributed by atoms with Crippen LogP contribution in [0.3, 0.4) is 0 Å². The minimum absolute atomic E-state index is 0.439. The van der Waals surface area contributed by atoms with Gasteiger partial charge in [-0.05, 0) is 22.8 Å². The molecular formula is C12H12NO2S-. The molecule has 0 spiro atoms. The molecule has 0 radical (unpaired) electrons. The van der Waals surface area contributed by atoms with Crippen LogP contribution in [0.15, 0.2) is 42.5 Å². The number of hydrogen-bond acceptors (Lipinski definition) is 2. The topological polar surface area (TPSA) is 52.2 Å². The Bertz CT molecular complexity index is 513. The molecule has 0 aliphatic heterocycles. The molecule has 2 aromatic rings. The van der Waals surface area contributed by atoms with E-state index in [9.17, 15) is 8.76 Å². The first kappa shape index (κ1) is 11.3. The summed E-state index contributed by atoms with van der Waals surface area (Å²) in [6.45, 7) is 0.439. The summed E-state index contributed by atoms with van der Waals surface area (Å²) in [7, 11) is 0. The highest BCUT2D eigenvalue weighted by atomic mass is 32.2. The lowest BCUT2D eigenvalue weighted by molar-refractivity contribution is 0.523. The van der Waals surface area contributed by atoms with Gasteiger partial charge in [-0.1, -0.05) is 42.5 Å². The number of hydrogen-bond donors (Lipinski definition) is 1. The summed E-state index contributed by atoms with van der Waals surface area (Å²) in [6.07, 6.45) is 0.707. The molecule has 4 heteroatoms. The predicted molar refractivity (Wildman–Crippen MR) is 64.6 cm³/mol. The van der Waals surface area contributed by atoms with Gasteiger partial charge in [0.25, 0.3) is 0 Å². The Balaban J connectivity index is 2.10. The minimum Gasteiger partial charge on any atom is -0.760 e. The highest BCUT2D eigenvalue weighted by Gasteiger charge is 1.96. The van der Waals surface area contributed by atoms with Gasteiger partial charge in [0.05, 0.1) is 0 Å². The SMILES string of the molecule is O=S([O-])NCCc1ccc2ccccc2c1. The first-order valence-corrected chi connectivity index (χ1v) is 6.13. The number of benzene rings is 2. The molecule has 0 amide bonds. The zero-order valence-electron chi connectivity index (χ0n) is 8.68. The Labute approximate surface area is 96.9 Å². The Morgan fingerprint density at radius 3 is 2.62 bits per heavy atom. The standard InChI is InChI=1S/C12H13NO2S/c14-16(15)13-8-7-10-5-6-11-3-1-2-4-12(11)9-10/h1-6,9,13H,7-8H2,(H,14,15)/p-1. The van der Waals surface area contributed by atoms with Crippen molar-refractivity contribution in [2.24, 2.45) is 0 Å². The van der Waals surface area contributed by atoms with Crippen LogP contribution in [-0.2, 0) is 17.7 Å². The van der Waals surface area contributed by atoms with E-state index in [1.807, 2.05) is 18.2 Å². The normalized spacial score (nSPS) is 12.8. The molecule has 16 heavy (non-hydrogen) atoms. The zero-order chi connectivity index (χ0) is 11.4. The lowest BCUT2D eigenvalue weighted by atomic mass is 10.1. The second kappa shape index (κ2) is 5.21. The third-order valence-electron chi connectivity index (χ3n) is 2.45. The lowest BCUT2D eigenvalue weighted by Gasteiger charge is -2.07. The molecule has 0 saturated carbocycles. The highest BCUT2D eigenvalue weighted by Crippen LogP contribution is 2.15.